The zero-order chi connectivity index (χ0) is 14.9. The van der Waals surface area contributed by atoms with Crippen molar-refractivity contribution in [3.8, 4) is 11.5 Å². The average Bonchev–Trinajstić information content (AvgIpc) is 2.44. The number of amides is 1. The summed E-state index contributed by atoms with van der Waals surface area (Å²) < 4.78 is 37.0. The van der Waals surface area contributed by atoms with Gasteiger partial charge in [0.15, 0.2) is 11.5 Å². The van der Waals surface area contributed by atoms with Gasteiger partial charge in [-0.05, 0) is 18.1 Å². The van der Waals surface area contributed by atoms with Crippen LogP contribution in [0, 0.1) is 0 Å². The van der Waals surface area contributed by atoms with Crippen molar-refractivity contribution in [3.05, 3.63) is 17.7 Å². The minimum absolute atomic E-state index is 0.107. The molecule has 1 unspecified atom stereocenters. The van der Waals surface area contributed by atoms with Crippen molar-refractivity contribution in [2.75, 3.05) is 21.3 Å². The molecule has 7 nitrogen and oxygen atoms in total. The Labute approximate surface area is 117 Å². The third-order valence-electron chi connectivity index (χ3n) is 3.14. The highest BCUT2D eigenvalue weighted by atomic mass is 32.2. The van der Waals surface area contributed by atoms with Crippen LogP contribution >= 0.6 is 0 Å². The van der Waals surface area contributed by atoms with Gasteiger partial charge in [0.1, 0.15) is 6.04 Å². The summed E-state index contributed by atoms with van der Waals surface area (Å²) in [4.78, 5) is 11.8. The van der Waals surface area contributed by atoms with Gasteiger partial charge < -0.3 is 14.8 Å². The number of nitrogens with one attached hydrogen (secondary N) is 2. The van der Waals surface area contributed by atoms with E-state index in [0.29, 0.717) is 17.1 Å². The van der Waals surface area contributed by atoms with Crippen LogP contribution < -0.4 is 19.5 Å². The molecule has 1 amide bonds. The van der Waals surface area contributed by atoms with Crippen LogP contribution in [0.15, 0.2) is 17.0 Å². The lowest BCUT2D eigenvalue weighted by atomic mass is 10.0. The molecule has 1 aliphatic heterocycles. The quantitative estimate of drug-likeness (QED) is 0.796. The second kappa shape index (κ2) is 5.29. The number of hydrogen-bond acceptors (Lipinski definition) is 5. The van der Waals surface area contributed by atoms with Crippen LogP contribution in [0.2, 0.25) is 0 Å². The van der Waals surface area contributed by atoms with Gasteiger partial charge in [-0.3, -0.25) is 4.79 Å². The smallest absolute Gasteiger partial charge is 0.241 e. The fraction of sp³-hybridized carbons (Fsp3) is 0.417. The predicted molar refractivity (Wildman–Crippen MR) is 71.4 cm³/mol. The minimum atomic E-state index is -3.75. The molecule has 20 heavy (non-hydrogen) atoms. The molecule has 2 rings (SSSR count). The number of carbonyl (C=O) groups excluding carboxylic acids is 1. The highest BCUT2D eigenvalue weighted by molar-refractivity contribution is 7.89. The number of hydrogen-bond donors (Lipinski definition) is 2. The van der Waals surface area contributed by atoms with Crippen LogP contribution in [0.1, 0.15) is 5.56 Å². The molecule has 1 aromatic carbocycles. The summed E-state index contributed by atoms with van der Waals surface area (Å²) in [6, 6.07) is 2.16. The molecule has 8 heteroatoms. The lowest BCUT2D eigenvalue weighted by Crippen LogP contribution is -2.49. The van der Waals surface area contributed by atoms with E-state index in [1.807, 2.05) is 0 Å². The molecule has 0 saturated carbocycles. The van der Waals surface area contributed by atoms with Gasteiger partial charge in [-0.25, -0.2) is 8.42 Å². The van der Waals surface area contributed by atoms with Crippen LogP contribution in [-0.2, 0) is 21.2 Å². The predicted octanol–water partition coefficient (Wildman–Crippen LogP) is -0.347. The zero-order valence-corrected chi connectivity index (χ0v) is 12.2. The molecule has 0 bridgehead atoms. The molecular formula is C12H16N2O5S. The summed E-state index contributed by atoms with van der Waals surface area (Å²) in [5, 5.41) is 2.43. The van der Waals surface area contributed by atoms with E-state index in [4.69, 9.17) is 9.47 Å². The van der Waals surface area contributed by atoms with Crippen molar-refractivity contribution >= 4 is 15.9 Å². The molecule has 0 saturated heterocycles. The summed E-state index contributed by atoms with van der Waals surface area (Å²) in [6.07, 6.45) is 0.259. The standard InChI is InChI=1S/C12H16N2O5S/c1-13-12(15)8-4-7-5-9(18-2)10(19-3)6-11(7)20(16,17)14-8/h5-6,8,14H,4H2,1-3H3,(H,13,15). The number of rotatable bonds is 3. The van der Waals surface area contributed by atoms with E-state index in [9.17, 15) is 13.2 Å². The van der Waals surface area contributed by atoms with Crippen molar-refractivity contribution in [2.24, 2.45) is 0 Å². The lowest BCUT2D eigenvalue weighted by molar-refractivity contribution is -0.122. The van der Waals surface area contributed by atoms with Crippen LogP contribution in [0.25, 0.3) is 0 Å². The molecule has 2 N–H and O–H groups in total. The molecule has 0 spiro atoms. The Balaban J connectivity index is 2.55. The summed E-state index contributed by atoms with van der Waals surface area (Å²) >= 11 is 0. The number of fused-ring (bicyclic) bond motifs is 1. The van der Waals surface area contributed by atoms with E-state index < -0.39 is 16.1 Å². The van der Waals surface area contributed by atoms with Gasteiger partial charge in [0, 0.05) is 13.1 Å². The Hall–Kier alpha value is -1.80. The highest BCUT2D eigenvalue weighted by Crippen LogP contribution is 2.35. The maximum absolute atomic E-state index is 12.2. The van der Waals surface area contributed by atoms with Gasteiger partial charge in [-0.1, -0.05) is 0 Å². The van der Waals surface area contributed by atoms with Crippen molar-refractivity contribution in [1.82, 2.24) is 10.0 Å². The van der Waals surface area contributed by atoms with Gasteiger partial charge in [-0.15, -0.1) is 0 Å². The maximum Gasteiger partial charge on any atom is 0.241 e. The van der Waals surface area contributed by atoms with Gasteiger partial charge in [0.05, 0.1) is 19.1 Å². The summed E-state index contributed by atoms with van der Waals surface area (Å²) in [6.45, 7) is 0. The highest BCUT2D eigenvalue weighted by Gasteiger charge is 2.34. The van der Waals surface area contributed by atoms with Crippen molar-refractivity contribution < 1.29 is 22.7 Å². The summed E-state index contributed by atoms with van der Waals surface area (Å²) in [7, 11) is 0.608. The van der Waals surface area contributed by atoms with Crippen LogP contribution in [-0.4, -0.2) is 41.6 Å². The molecule has 110 valence electrons. The van der Waals surface area contributed by atoms with Crippen LogP contribution in [0.3, 0.4) is 0 Å². The van der Waals surface area contributed by atoms with Crippen LogP contribution in [0.5, 0.6) is 11.5 Å². The number of benzene rings is 1. The van der Waals surface area contributed by atoms with E-state index in [1.54, 1.807) is 6.07 Å². The molecular weight excluding hydrogens is 284 g/mol. The van der Waals surface area contributed by atoms with Gasteiger partial charge in [0.25, 0.3) is 0 Å². The first-order valence-electron chi connectivity index (χ1n) is 5.91. The first kappa shape index (κ1) is 14.6. The van der Waals surface area contributed by atoms with E-state index in [2.05, 4.69) is 10.0 Å². The number of methoxy groups -OCH3 is 2. The lowest BCUT2D eigenvalue weighted by Gasteiger charge is -2.25. The summed E-state index contributed by atoms with van der Waals surface area (Å²) in [5.74, 6) is 0.378. The molecule has 1 atom stereocenters. The first-order chi connectivity index (χ1) is 9.42. The maximum atomic E-state index is 12.2. The number of sulfonamides is 1. The third-order valence-corrected chi connectivity index (χ3v) is 4.69. The molecule has 0 radical (unpaired) electrons. The van der Waals surface area contributed by atoms with Gasteiger partial charge in [0.2, 0.25) is 15.9 Å². The van der Waals surface area contributed by atoms with Crippen molar-refractivity contribution in [2.45, 2.75) is 17.4 Å². The largest absolute Gasteiger partial charge is 0.493 e. The van der Waals surface area contributed by atoms with E-state index in [1.165, 1.54) is 27.3 Å². The van der Waals surface area contributed by atoms with Gasteiger partial charge in [-0.2, -0.15) is 4.72 Å². The van der Waals surface area contributed by atoms with E-state index >= 15 is 0 Å². The zero-order valence-electron chi connectivity index (χ0n) is 11.4. The number of ether oxygens (including phenoxy) is 2. The molecule has 1 aromatic rings. The van der Waals surface area contributed by atoms with E-state index in [-0.39, 0.29) is 17.2 Å². The SMILES string of the molecule is CNC(=O)C1Cc2cc(OC)c(OC)cc2S(=O)(=O)N1. The summed E-state index contributed by atoms with van der Waals surface area (Å²) in [5.41, 5.74) is 0.523. The second-order valence-corrected chi connectivity index (χ2v) is 5.99. The monoisotopic (exact) mass is 300 g/mol. The molecule has 1 heterocycles. The van der Waals surface area contributed by atoms with Crippen molar-refractivity contribution in [3.63, 3.8) is 0 Å². The van der Waals surface area contributed by atoms with Crippen molar-refractivity contribution in [1.29, 1.82) is 0 Å². The Morgan fingerprint density at radius 3 is 2.45 bits per heavy atom. The number of carbonyl (C=O) groups is 1. The fourth-order valence-electron chi connectivity index (χ4n) is 2.14. The fourth-order valence-corrected chi connectivity index (χ4v) is 3.59. The first-order valence-corrected chi connectivity index (χ1v) is 7.40. The molecule has 0 fully saturated rings. The van der Waals surface area contributed by atoms with Gasteiger partial charge >= 0.3 is 0 Å². The second-order valence-electron chi connectivity index (χ2n) is 4.31. The Morgan fingerprint density at radius 2 is 1.90 bits per heavy atom. The Morgan fingerprint density at radius 1 is 1.30 bits per heavy atom. The third kappa shape index (κ3) is 2.44. The topological polar surface area (TPSA) is 93.7 Å². The minimum Gasteiger partial charge on any atom is -0.493 e. The molecule has 0 aromatic heterocycles. The molecule has 0 aliphatic carbocycles. The average molecular weight is 300 g/mol. The van der Waals surface area contributed by atoms with E-state index in [0.717, 1.165) is 0 Å². The Kier molecular flexibility index (Phi) is 3.87. The normalized spacial score (nSPS) is 19.9. The number of likely N-dealkylation sites (N-methyl/N-ethyl adjacent to an activating group) is 1. The Bertz CT molecular complexity index is 641. The molecule has 1 aliphatic rings. The van der Waals surface area contributed by atoms with Crippen LogP contribution in [0.4, 0.5) is 0 Å².